The Morgan fingerprint density at radius 1 is 1.28 bits per heavy atom. The lowest BCUT2D eigenvalue weighted by molar-refractivity contribution is -0.0498. The van der Waals surface area contributed by atoms with E-state index >= 15 is 0 Å². The predicted molar refractivity (Wildman–Crippen MR) is 91.3 cm³/mol. The lowest BCUT2D eigenvalue weighted by Gasteiger charge is -2.19. The molecular weight excluding hydrogens is 354 g/mol. The molecular formula is C16H19ClF2N4O2. The molecule has 1 fully saturated rings. The minimum atomic E-state index is -2.90. The van der Waals surface area contributed by atoms with Crippen LogP contribution in [0.5, 0.6) is 5.75 Å². The van der Waals surface area contributed by atoms with E-state index in [-0.39, 0.29) is 24.1 Å². The third kappa shape index (κ3) is 4.67. The van der Waals surface area contributed by atoms with Crippen molar-refractivity contribution in [3.05, 3.63) is 36.0 Å². The van der Waals surface area contributed by atoms with Crippen LogP contribution < -0.4 is 10.1 Å². The smallest absolute Gasteiger partial charge is 0.387 e. The van der Waals surface area contributed by atoms with Crippen molar-refractivity contribution in [3.63, 3.8) is 0 Å². The van der Waals surface area contributed by atoms with Crippen molar-refractivity contribution >= 4 is 18.3 Å². The highest BCUT2D eigenvalue weighted by Gasteiger charge is 2.22. The standard InChI is InChI=1S/C16H18F2N4O2.ClH/c17-16(18)24-12-4-1-3-11(9-12)14-13(10-20-21-14)15(23)22-7-2-5-19-6-8-22;/h1,3-4,9-10,16,19H,2,5-8H2,(H,20,21);1H. The fourth-order valence-electron chi connectivity index (χ4n) is 2.72. The Labute approximate surface area is 150 Å². The summed E-state index contributed by atoms with van der Waals surface area (Å²) >= 11 is 0. The normalized spacial score (nSPS) is 14.8. The number of benzene rings is 1. The van der Waals surface area contributed by atoms with Crippen LogP contribution in [-0.2, 0) is 0 Å². The number of nitrogens with zero attached hydrogens (tertiary/aromatic N) is 2. The summed E-state index contributed by atoms with van der Waals surface area (Å²) in [5, 5.41) is 9.98. The van der Waals surface area contributed by atoms with Crippen molar-refractivity contribution in [2.75, 3.05) is 26.2 Å². The monoisotopic (exact) mass is 372 g/mol. The molecule has 2 aromatic rings. The summed E-state index contributed by atoms with van der Waals surface area (Å²) < 4.78 is 29.2. The van der Waals surface area contributed by atoms with Gasteiger partial charge in [0.25, 0.3) is 5.91 Å². The summed E-state index contributed by atoms with van der Waals surface area (Å²) in [5.74, 6) is -0.0860. The van der Waals surface area contributed by atoms with Crippen LogP contribution in [0.1, 0.15) is 16.8 Å². The Hall–Kier alpha value is -2.19. The van der Waals surface area contributed by atoms with E-state index in [4.69, 9.17) is 0 Å². The van der Waals surface area contributed by atoms with E-state index in [9.17, 15) is 13.6 Å². The highest BCUT2D eigenvalue weighted by Crippen LogP contribution is 2.26. The van der Waals surface area contributed by atoms with Gasteiger partial charge >= 0.3 is 6.61 Å². The molecule has 0 saturated carbocycles. The molecule has 2 N–H and O–H groups in total. The first kappa shape index (κ1) is 19.1. The molecule has 0 radical (unpaired) electrons. The number of rotatable bonds is 4. The van der Waals surface area contributed by atoms with Gasteiger partial charge in [-0.25, -0.2) is 0 Å². The third-order valence-corrected chi connectivity index (χ3v) is 3.84. The Kier molecular flexibility index (Phi) is 6.72. The van der Waals surface area contributed by atoms with Gasteiger partial charge in [0.2, 0.25) is 0 Å². The number of H-pyrrole nitrogens is 1. The van der Waals surface area contributed by atoms with Crippen LogP contribution >= 0.6 is 12.4 Å². The fourth-order valence-corrected chi connectivity index (χ4v) is 2.72. The van der Waals surface area contributed by atoms with E-state index < -0.39 is 6.61 Å². The van der Waals surface area contributed by atoms with Crippen molar-refractivity contribution in [1.82, 2.24) is 20.4 Å². The Balaban J connectivity index is 0.00000225. The molecule has 0 atom stereocenters. The number of halogens is 3. The second kappa shape index (κ2) is 8.77. The Bertz CT molecular complexity index is 703. The molecule has 2 heterocycles. The molecule has 25 heavy (non-hydrogen) atoms. The van der Waals surface area contributed by atoms with E-state index in [0.29, 0.717) is 29.9 Å². The molecule has 0 aliphatic carbocycles. The van der Waals surface area contributed by atoms with Crippen LogP contribution in [0.4, 0.5) is 8.78 Å². The van der Waals surface area contributed by atoms with Crippen molar-refractivity contribution in [1.29, 1.82) is 0 Å². The average molecular weight is 373 g/mol. The fraction of sp³-hybridized carbons (Fsp3) is 0.375. The van der Waals surface area contributed by atoms with Crippen molar-refractivity contribution in [2.24, 2.45) is 0 Å². The number of carbonyl (C=O) groups excluding carboxylic acids is 1. The minimum Gasteiger partial charge on any atom is -0.435 e. The topological polar surface area (TPSA) is 70.2 Å². The quantitative estimate of drug-likeness (QED) is 0.865. The lowest BCUT2D eigenvalue weighted by Crippen LogP contribution is -2.34. The molecule has 0 unspecified atom stereocenters. The summed E-state index contributed by atoms with van der Waals surface area (Å²) in [6.07, 6.45) is 2.35. The summed E-state index contributed by atoms with van der Waals surface area (Å²) in [6, 6.07) is 6.21. The molecule has 1 aromatic carbocycles. The van der Waals surface area contributed by atoms with Gasteiger partial charge in [0, 0.05) is 25.2 Å². The van der Waals surface area contributed by atoms with Crippen LogP contribution in [0.2, 0.25) is 0 Å². The van der Waals surface area contributed by atoms with E-state index in [1.807, 2.05) is 0 Å². The second-order valence-corrected chi connectivity index (χ2v) is 5.46. The summed E-state index contributed by atoms with van der Waals surface area (Å²) in [5.41, 5.74) is 1.49. The molecule has 1 amide bonds. The first-order valence-electron chi connectivity index (χ1n) is 7.74. The zero-order chi connectivity index (χ0) is 16.9. The Morgan fingerprint density at radius 2 is 2.12 bits per heavy atom. The highest BCUT2D eigenvalue weighted by atomic mass is 35.5. The zero-order valence-corrected chi connectivity index (χ0v) is 14.2. The van der Waals surface area contributed by atoms with Gasteiger partial charge in [0.05, 0.1) is 17.5 Å². The lowest BCUT2D eigenvalue weighted by atomic mass is 10.1. The maximum Gasteiger partial charge on any atom is 0.387 e. The second-order valence-electron chi connectivity index (χ2n) is 5.46. The van der Waals surface area contributed by atoms with Gasteiger partial charge in [-0.2, -0.15) is 13.9 Å². The molecule has 0 bridgehead atoms. The van der Waals surface area contributed by atoms with Gasteiger partial charge in [-0.05, 0) is 25.1 Å². The molecule has 0 spiro atoms. The number of nitrogens with one attached hydrogen (secondary N) is 2. The summed E-state index contributed by atoms with van der Waals surface area (Å²) in [4.78, 5) is 14.5. The van der Waals surface area contributed by atoms with Gasteiger partial charge in [-0.15, -0.1) is 12.4 Å². The number of hydrogen-bond acceptors (Lipinski definition) is 4. The number of hydrogen-bond donors (Lipinski definition) is 2. The molecule has 1 aliphatic rings. The number of aromatic amines is 1. The SMILES string of the molecule is Cl.O=C(c1cn[nH]c1-c1cccc(OC(F)F)c1)N1CCCNCC1. The largest absolute Gasteiger partial charge is 0.435 e. The Morgan fingerprint density at radius 3 is 2.92 bits per heavy atom. The van der Waals surface area contributed by atoms with Gasteiger partial charge in [-0.1, -0.05) is 12.1 Å². The van der Waals surface area contributed by atoms with Crippen LogP contribution in [0.25, 0.3) is 11.3 Å². The van der Waals surface area contributed by atoms with Crippen LogP contribution in [0, 0.1) is 0 Å². The van der Waals surface area contributed by atoms with Gasteiger partial charge in [-0.3, -0.25) is 9.89 Å². The maximum atomic E-state index is 12.8. The first-order valence-corrected chi connectivity index (χ1v) is 7.74. The molecule has 136 valence electrons. The molecule has 3 rings (SSSR count). The average Bonchev–Trinajstić information content (AvgIpc) is 2.89. The predicted octanol–water partition coefficient (Wildman–Crippen LogP) is 2.54. The number of alkyl halides is 2. The van der Waals surface area contributed by atoms with Crippen molar-refractivity contribution in [3.8, 4) is 17.0 Å². The number of amides is 1. The van der Waals surface area contributed by atoms with Crippen LogP contribution in [-0.4, -0.2) is 53.8 Å². The van der Waals surface area contributed by atoms with E-state index in [1.165, 1.54) is 18.3 Å². The minimum absolute atomic E-state index is 0. The van der Waals surface area contributed by atoms with Crippen LogP contribution in [0.15, 0.2) is 30.5 Å². The van der Waals surface area contributed by atoms with E-state index in [1.54, 1.807) is 17.0 Å². The third-order valence-electron chi connectivity index (χ3n) is 3.84. The first-order chi connectivity index (χ1) is 11.6. The number of carbonyl (C=O) groups is 1. The maximum absolute atomic E-state index is 12.8. The van der Waals surface area contributed by atoms with E-state index in [2.05, 4.69) is 20.3 Å². The number of aromatic nitrogens is 2. The number of ether oxygens (including phenoxy) is 1. The van der Waals surface area contributed by atoms with Gasteiger partial charge in [0.1, 0.15) is 5.75 Å². The molecule has 6 nitrogen and oxygen atoms in total. The van der Waals surface area contributed by atoms with Gasteiger partial charge in [0.15, 0.2) is 0 Å². The van der Waals surface area contributed by atoms with Crippen molar-refractivity contribution in [2.45, 2.75) is 13.0 Å². The molecule has 9 heteroatoms. The summed E-state index contributed by atoms with van der Waals surface area (Å²) in [6.45, 7) is 0.0296. The summed E-state index contributed by atoms with van der Waals surface area (Å²) in [7, 11) is 0. The zero-order valence-electron chi connectivity index (χ0n) is 13.4. The van der Waals surface area contributed by atoms with E-state index in [0.717, 1.165) is 19.5 Å². The molecule has 1 aromatic heterocycles. The molecule has 1 aliphatic heterocycles. The van der Waals surface area contributed by atoms with Gasteiger partial charge < -0.3 is 15.0 Å². The molecule has 1 saturated heterocycles. The van der Waals surface area contributed by atoms with Crippen molar-refractivity contribution < 1.29 is 18.3 Å². The van der Waals surface area contributed by atoms with Crippen LogP contribution in [0.3, 0.4) is 0 Å². The highest BCUT2D eigenvalue weighted by molar-refractivity contribution is 5.99.